The van der Waals surface area contributed by atoms with Crippen LogP contribution in [-0.2, 0) is 10.0 Å². The highest BCUT2D eigenvalue weighted by Crippen LogP contribution is 2.27. The number of aromatic nitrogens is 1. The molecule has 0 unspecified atom stereocenters. The van der Waals surface area contributed by atoms with E-state index in [0.717, 1.165) is 0 Å². The second kappa shape index (κ2) is 6.60. The average molecular weight is 358 g/mol. The molecule has 2 aromatic carbocycles. The van der Waals surface area contributed by atoms with Gasteiger partial charge in [0.15, 0.2) is 11.7 Å². The number of ether oxygens (including phenoxy) is 1. The molecule has 0 aliphatic heterocycles. The van der Waals surface area contributed by atoms with Gasteiger partial charge in [0.25, 0.3) is 10.0 Å². The molecule has 7 heteroatoms. The Morgan fingerprint density at radius 2 is 1.80 bits per heavy atom. The standard InChI is InChI=1S/C18H18N2O4S/c1-12-4-5-14(17-11-19-13(2)24-17)10-18(12)25(21,22)20-15-6-8-16(23-3)9-7-15/h4-11,20H,1-3H3. The van der Waals surface area contributed by atoms with Crippen LogP contribution < -0.4 is 9.46 Å². The normalized spacial score (nSPS) is 11.3. The largest absolute Gasteiger partial charge is 0.497 e. The molecule has 0 saturated carbocycles. The zero-order chi connectivity index (χ0) is 18.0. The second-order valence-corrected chi connectivity index (χ2v) is 7.21. The lowest BCUT2D eigenvalue weighted by atomic mass is 10.1. The van der Waals surface area contributed by atoms with E-state index in [-0.39, 0.29) is 4.90 Å². The van der Waals surface area contributed by atoms with Crippen molar-refractivity contribution in [3.8, 4) is 17.1 Å². The van der Waals surface area contributed by atoms with Gasteiger partial charge < -0.3 is 9.15 Å². The van der Waals surface area contributed by atoms with E-state index >= 15 is 0 Å². The van der Waals surface area contributed by atoms with Crippen molar-refractivity contribution >= 4 is 15.7 Å². The van der Waals surface area contributed by atoms with E-state index in [9.17, 15) is 8.42 Å². The molecule has 0 aliphatic rings. The van der Waals surface area contributed by atoms with E-state index in [0.29, 0.717) is 34.2 Å². The van der Waals surface area contributed by atoms with Crippen LogP contribution in [-0.4, -0.2) is 20.5 Å². The molecule has 0 spiro atoms. The lowest BCUT2D eigenvalue weighted by Gasteiger charge is -2.12. The summed E-state index contributed by atoms with van der Waals surface area (Å²) in [5.74, 6) is 1.71. The van der Waals surface area contributed by atoms with Crippen LogP contribution in [0.2, 0.25) is 0 Å². The van der Waals surface area contributed by atoms with Crippen molar-refractivity contribution in [3.05, 3.63) is 60.1 Å². The maximum absolute atomic E-state index is 12.8. The molecule has 1 heterocycles. The Labute approximate surface area is 146 Å². The van der Waals surface area contributed by atoms with E-state index < -0.39 is 10.0 Å². The number of hydrogen-bond acceptors (Lipinski definition) is 5. The van der Waals surface area contributed by atoms with Gasteiger partial charge in [-0.15, -0.1) is 0 Å². The zero-order valence-corrected chi connectivity index (χ0v) is 14.9. The highest BCUT2D eigenvalue weighted by molar-refractivity contribution is 7.92. The van der Waals surface area contributed by atoms with Crippen molar-refractivity contribution in [2.24, 2.45) is 0 Å². The minimum atomic E-state index is -3.74. The molecule has 0 amide bonds. The first kappa shape index (κ1) is 17.0. The molecular weight excluding hydrogens is 340 g/mol. The van der Waals surface area contributed by atoms with Crippen LogP contribution in [0.15, 0.2) is 58.0 Å². The van der Waals surface area contributed by atoms with E-state index in [1.165, 1.54) is 0 Å². The van der Waals surface area contributed by atoms with Crippen molar-refractivity contribution in [2.45, 2.75) is 18.7 Å². The summed E-state index contributed by atoms with van der Waals surface area (Å²) in [6.45, 7) is 3.48. The highest BCUT2D eigenvalue weighted by Gasteiger charge is 2.19. The fourth-order valence-electron chi connectivity index (χ4n) is 2.41. The first-order chi connectivity index (χ1) is 11.9. The Balaban J connectivity index is 1.95. The van der Waals surface area contributed by atoms with Gasteiger partial charge >= 0.3 is 0 Å². The molecule has 1 N–H and O–H groups in total. The van der Waals surface area contributed by atoms with Gasteiger partial charge in [-0.25, -0.2) is 13.4 Å². The number of oxazole rings is 1. The molecule has 3 aromatic rings. The molecule has 0 radical (unpaired) electrons. The van der Waals surface area contributed by atoms with E-state index in [1.54, 1.807) is 63.6 Å². The fraction of sp³-hybridized carbons (Fsp3) is 0.167. The Hall–Kier alpha value is -2.80. The maximum Gasteiger partial charge on any atom is 0.262 e. The van der Waals surface area contributed by atoms with Crippen LogP contribution in [0, 0.1) is 13.8 Å². The molecule has 0 atom stereocenters. The minimum absolute atomic E-state index is 0.190. The average Bonchev–Trinajstić information content (AvgIpc) is 3.02. The Morgan fingerprint density at radius 3 is 2.40 bits per heavy atom. The Morgan fingerprint density at radius 1 is 1.08 bits per heavy atom. The summed E-state index contributed by atoms with van der Waals surface area (Å²) in [5, 5.41) is 0. The third kappa shape index (κ3) is 3.66. The molecule has 0 saturated heterocycles. The van der Waals surface area contributed by atoms with E-state index in [2.05, 4.69) is 9.71 Å². The summed E-state index contributed by atoms with van der Waals surface area (Å²) in [6, 6.07) is 11.8. The van der Waals surface area contributed by atoms with Crippen molar-refractivity contribution in [3.63, 3.8) is 0 Å². The van der Waals surface area contributed by atoms with Crippen LogP contribution in [0.4, 0.5) is 5.69 Å². The molecule has 0 bridgehead atoms. The molecule has 25 heavy (non-hydrogen) atoms. The van der Waals surface area contributed by atoms with Crippen LogP contribution in [0.25, 0.3) is 11.3 Å². The van der Waals surface area contributed by atoms with Crippen LogP contribution in [0.5, 0.6) is 5.75 Å². The van der Waals surface area contributed by atoms with E-state index in [1.807, 2.05) is 6.07 Å². The van der Waals surface area contributed by atoms with Crippen LogP contribution in [0.3, 0.4) is 0 Å². The molecule has 130 valence electrons. The van der Waals surface area contributed by atoms with E-state index in [4.69, 9.17) is 9.15 Å². The third-order valence-electron chi connectivity index (χ3n) is 3.73. The first-order valence-corrected chi connectivity index (χ1v) is 9.08. The van der Waals surface area contributed by atoms with Crippen LogP contribution >= 0.6 is 0 Å². The number of methoxy groups -OCH3 is 1. The molecular formula is C18H18N2O4S. The number of hydrogen-bond donors (Lipinski definition) is 1. The fourth-order valence-corrected chi connectivity index (χ4v) is 3.74. The van der Waals surface area contributed by atoms with Gasteiger partial charge in [0.1, 0.15) is 5.75 Å². The van der Waals surface area contributed by atoms with Gasteiger partial charge in [-0.05, 0) is 42.8 Å². The van der Waals surface area contributed by atoms with Gasteiger partial charge in [-0.2, -0.15) is 0 Å². The highest BCUT2D eigenvalue weighted by atomic mass is 32.2. The minimum Gasteiger partial charge on any atom is -0.497 e. The summed E-state index contributed by atoms with van der Waals surface area (Å²) in [5.41, 5.74) is 1.75. The third-order valence-corrected chi connectivity index (χ3v) is 5.25. The van der Waals surface area contributed by atoms with Gasteiger partial charge in [-0.3, -0.25) is 4.72 Å². The van der Waals surface area contributed by atoms with Crippen LogP contribution in [0.1, 0.15) is 11.5 Å². The van der Waals surface area contributed by atoms with Gasteiger partial charge in [0.05, 0.1) is 18.2 Å². The predicted octanol–water partition coefficient (Wildman–Crippen LogP) is 3.77. The molecule has 6 nitrogen and oxygen atoms in total. The summed E-state index contributed by atoms with van der Waals surface area (Å²) in [6.07, 6.45) is 1.58. The summed E-state index contributed by atoms with van der Waals surface area (Å²) in [4.78, 5) is 4.24. The van der Waals surface area contributed by atoms with Crippen molar-refractivity contribution in [1.29, 1.82) is 0 Å². The summed E-state index contributed by atoms with van der Waals surface area (Å²) < 4.78 is 38.7. The topological polar surface area (TPSA) is 81.4 Å². The molecule has 1 aromatic heterocycles. The number of sulfonamides is 1. The predicted molar refractivity (Wildman–Crippen MR) is 95.2 cm³/mol. The number of rotatable bonds is 5. The summed E-state index contributed by atoms with van der Waals surface area (Å²) in [7, 11) is -2.19. The maximum atomic E-state index is 12.8. The van der Waals surface area contributed by atoms with Gasteiger partial charge in [0, 0.05) is 18.2 Å². The lowest BCUT2D eigenvalue weighted by Crippen LogP contribution is -2.14. The van der Waals surface area contributed by atoms with Crippen molar-refractivity contribution < 1.29 is 17.6 Å². The number of aryl methyl sites for hydroxylation is 2. The first-order valence-electron chi connectivity index (χ1n) is 7.59. The summed E-state index contributed by atoms with van der Waals surface area (Å²) >= 11 is 0. The quantitative estimate of drug-likeness (QED) is 0.751. The van der Waals surface area contributed by atoms with Crippen molar-refractivity contribution in [1.82, 2.24) is 4.98 Å². The Bertz CT molecular complexity index is 992. The van der Waals surface area contributed by atoms with Gasteiger partial charge in [-0.1, -0.05) is 12.1 Å². The molecule has 0 aliphatic carbocycles. The molecule has 0 fully saturated rings. The number of nitrogens with one attached hydrogen (secondary N) is 1. The monoisotopic (exact) mass is 358 g/mol. The SMILES string of the molecule is COc1ccc(NS(=O)(=O)c2cc(-c3cnc(C)o3)ccc2C)cc1. The number of anilines is 1. The smallest absolute Gasteiger partial charge is 0.262 e. The second-order valence-electron chi connectivity index (χ2n) is 5.56. The molecule has 3 rings (SSSR count). The van der Waals surface area contributed by atoms with Gasteiger partial charge in [0.2, 0.25) is 0 Å². The number of benzene rings is 2. The lowest BCUT2D eigenvalue weighted by molar-refractivity contribution is 0.415. The van der Waals surface area contributed by atoms with Crippen molar-refractivity contribution in [2.75, 3.05) is 11.8 Å². The zero-order valence-electron chi connectivity index (χ0n) is 14.1. The number of nitrogens with zero attached hydrogens (tertiary/aromatic N) is 1. The Kier molecular flexibility index (Phi) is 4.50.